The molecule has 2 aromatic heterocycles. The molecule has 11 heteroatoms. The number of nitro benzene ring substituents is 1. The molecule has 1 unspecified atom stereocenters. The first-order chi connectivity index (χ1) is 15.8. The van der Waals surface area contributed by atoms with Crippen molar-refractivity contribution in [1.82, 2.24) is 10.2 Å². The van der Waals surface area contributed by atoms with Gasteiger partial charge in [-0.05, 0) is 48.7 Å². The van der Waals surface area contributed by atoms with Crippen LogP contribution in [0.5, 0.6) is 0 Å². The SMILES string of the molecule is CCc1nnc(N2C(=O)c3oc4cc(C)c(Cl)cc4c(=O)c3C2c2ccc([N+](=O)[O-])cc2)s1. The van der Waals surface area contributed by atoms with E-state index in [1.54, 1.807) is 13.0 Å². The highest BCUT2D eigenvalue weighted by Gasteiger charge is 2.45. The van der Waals surface area contributed by atoms with Crippen LogP contribution >= 0.6 is 22.9 Å². The van der Waals surface area contributed by atoms with Crippen LogP contribution in [0.2, 0.25) is 5.02 Å². The first-order valence-electron chi connectivity index (χ1n) is 9.97. The third-order valence-electron chi connectivity index (χ3n) is 5.54. The molecule has 166 valence electrons. The van der Waals surface area contributed by atoms with Crippen LogP contribution in [0.25, 0.3) is 11.0 Å². The van der Waals surface area contributed by atoms with Crippen LogP contribution in [0.1, 0.15) is 45.2 Å². The van der Waals surface area contributed by atoms with Crippen LogP contribution in [-0.4, -0.2) is 21.0 Å². The summed E-state index contributed by atoms with van der Waals surface area (Å²) in [5, 5.41) is 21.1. The quantitative estimate of drug-likeness (QED) is 0.302. The number of hydrogen-bond acceptors (Lipinski definition) is 8. The summed E-state index contributed by atoms with van der Waals surface area (Å²) in [6.07, 6.45) is 0.633. The van der Waals surface area contributed by atoms with Crippen molar-refractivity contribution in [2.45, 2.75) is 26.3 Å². The summed E-state index contributed by atoms with van der Waals surface area (Å²) >= 11 is 7.48. The molecule has 1 atom stereocenters. The number of non-ortho nitro benzene ring substituents is 1. The molecule has 2 aromatic carbocycles. The van der Waals surface area contributed by atoms with Crippen LogP contribution < -0.4 is 10.3 Å². The van der Waals surface area contributed by atoms with Crippen LogP contribution in [0.3, 0.4) is 0 Å². The van der Waals surface area contributed by atoms with E-state index in [9.17, 15) is 19.7 Å². The zero-order chi connectivity index (χ0) is 23.4. The molecular weight excluding hydrogens is 468 g/mol. The molecule has 0 N–H and O–H groups in total. The standard InChI is InChI=1S/C22H15ClN4O5S/c1-3-16-24-25-22(33-16)26-18(11-4-6-12(7-5-11)27(30)31)17-19(28)13-9-14(23)10(2)8-15(13)32-20(17)21(26)29/h4-9,18H,3H2,1-2H3. The van der Waals surface area contributed by atoms with Gasteiger partial charge in [0.15, 0.2) is 5.43 Å². The number of halogens is 1. The van der Waals surface area contributed by atoms with E-state index >= 15 is 0 Å². The molecule has 0 saturated heterocycles. The fourth-order valence-electron chi connectivity index (χ4n) is 3.87. The molecule has 9 nitrogen and oxygen atoms in total. The van der Waals surface area contributed by atoms with E-state index < -0.39 is 22.3 Å². The van der Waals surface area contributed by atoms with Crippen molar-refractivity contribution < 1.29 is 14.1 Å². The highest BCUT2D eigenvalue weighted by molar-refractivity contribution is 7.15. The van der Waals surface area contributed by atoms with Crippen molar-refractivity contribution in [3.8, 4) is 0 Å². The van der Waals surface area contributed by atoms with Crippen molar-refractivity contribution in [2.24, 2.45) is 0 Å². The van der Waals surface area contributed by atoms with E-state index in [1.165, 1.54) is 46.6 Å². The van der Waals surface area contributed by atoms with Crippen LogP contribution in [0.4, 0.5) is 10.8 Å². The van der Waals surface area contributed by atoms with Gasteiger partial charge < -0.3 is 4.42 Å². The Labute approximate surface area is 195 Å². The van der Waals surface area contributed by atoms with Crippen LogP contribution in [-0.2, 0) is 6.42 Å². The minimum absolute atomic E-state index is 0.0918. The lowest BCUT2D eigenvalue weighted by molar-refractivity contribution is -0.384. The second kappa shape index (κ2) is 7.75. The minimum atomic E-state index is -0.883. The Morgan fingerprint density at radius 2 is 1.94 bits per heavy atom. The highest BCUT2D eigenvalue weighted by atomic mass is 35.5. The highest BCUT2D eigenvalue weighted by Crippen LogP contribution is 2.42. The molecule has 5 rings (SSSR count). The van der Waals surface area contributed by atoms with E-state index in [2.05, 4.69) is 10.2 Å². The van der Waals surface area contributed by atoms with Gasteiger partial charge in [0, 0.05) is 17.2 Å². The Kier molecular flexibility index (Phi) is 4.98. The van der Waals surface area contributed by atoms with Gasteiger partial charge in [-0.25, -0.2) is 0 Å². The van der Waals surface area contributed by atoms with E-state index in [4.69, 9.17) is 16.0 Å². The van der Waals surface area contributed by atoms with Gasteiger partial charge >= 0.3 is 0 Å². The maximum Gasteiger partial charge on any atom is 0.297 e. The number of nitro groups is 1. The maximum atomic E-state index is 13.6. The normalized spacial score (nSPS) is 15.3. The van der Waals surface area contributed by atoms with Gasteiger partial charge in [0.25, 0.3) is 11.6 Å². The number of rotatable bonds is 4. The topological polar surface area (TPSA) is 119 Å². The third kappa shape index (κ3) is 3.30. The zero-order valence-electron chi connectivity index (χ0n) is 17.4. The Hall–Kier alpha value is -3.63. The van der Waals surface area contributed by atoms with Gasteiger partial charge in [-0.1, -0.05) is 29.9 Å². The molecule has 0 saturated carbocycles. The number of fused-ring (bicyclic) bond motifs is 2. The van der Waals surface area contributed by atoms with E-state index in [1.807, 2.05) is 6.92 Å². The summed E-state index contributed by atoms with van der Waals surface area (Å²) in [7, 11) is 0. The summed E-state index contributed by atoms with van der Waals surface area (Å²) < 4.78 is 5.93. The van der Waals surface area contributed by atoms with E-state index in [0.29, 0.717) is 27.7 Å². The van der Waals surface area contributed by atoms with Crippen LogP contribution in [0.15, 0.2) is 45.6 Å². The molecule has 0 bridgehead atoms. The number of nitrogens with zero attached hydrogens (tertiary/aromatic N) is 4. The summed E-state index contributed by atoms with van der Waals surface area (Å²) in [6, 6.07) is 7.96. The summed E-state index contributed by atoms with van der Waals surface area (Å²) in [5.74, 6) is -0.621. The summed E-state index contributed by atoms with van der Waals surface area (Å²) in [4.78, 5) is 39.0. The number of carbonyl (C=O) groups is 1. The fraction of sp³-hybridized carbons (Fsp3) is 0.182. The predicted molar refractivity (Wildman–Crippen MR) is 123 cm³/mol. The molecule has 0 radical (unpaired) electrons. The van der Waals surface area contributed by atoms with Crippen LogP contribution in [0, 0.1) is 17.0 Å². The number of anilines is 1. The lowest BCUT2D eigenvalue weighted by Gasteiger charge is -2.21. The number of aromatic nitrogens is 2. The number of carbonyl (C=O) groups excluding carboxylic acids is 1. The Balaban J connectivity index is 1.78. The molecule has 0 spiro atoms. The molecule has 0 fully saturated rings. The van der Waals surface area contributed by atoms with Crippen molar-refractivity contribution in [2.75, 3.05) is 4.90 Å². The van der Waals surface area contributed by atoms with Crippen molar-refractivity contribution >= 4 is 50.6 Å². The number of hydrogen-bond donors (Lipinski definition) is 0. The maximum absolute atomic E-state index is 13.6. The molecule has 4 aromatic rings. The Morgan fingerprint density at radius 1 is 1.21 bits per heavy atom. The lowest BCUT2D eigenvalue weighted by Crippen LogP contribution is -2.29. The van der Waals surface area contributed by atoms with E-state index in [0.717, 1.165) is 5.01 Å². The number of aryl methyl sites for hydroxylation is 2. The predicted octanol–water partition coefficient (Wildman–Crippen LogP) is 4.83. The lowest BCUT2D eigenvalue weighted by atomic mass is 9.98. The second-order valence-electron chi connectivity index (χ2n) is 7.53. The molecule has 33 heavy (non-hydrogen) atoms. The first kappa shape index (κ1) is 21.2. The average Bonchev–Trinajstić information content (AvgIpc) is 3.38. The summed E-state index contributed by atoms with van der Waals surface area (Å²) in [5.41, 5.74) is 1.10. The monoisotopic (exact) mass is 482 g/mol. The van der Waals surface area contributed by atoms with Gasteiger partial charge in [-0.15, -0.1) is 10.2 Å². The minimum Gasteiger partial charge on any atom is -0.450 e. The van der Waals surface area contributed by atoms with Gasteiger partial charge in [-0.2, -0.15) is 0 Å². The smallest absolute Gasteiger partial charge is 0.297 e. The van der Waals surface area contributed by atoms with E-state index in [-0.39, 0.29) is 28.0 Å². The van der Waals surface area contributed by atoms with Crippen molar-refractivity contribution in [1.29, 1.82) is 0 Å². The molecule has 0 aliphatic carbocycles. The van der Waals surface area contributed by atoms with Crippen molar-refractivity contribution in [3.63, 3.8) is 0 Å². The fourth-order valence-corrected chi connectivity index (χ4v) is 4.84. The molecular formula is C22H15ClN4O5S. The first-order valence-corrected chi connectivity index (χ1v) is 11.2. The van der Waals surface area contributed by atoms with Gasteiger partial charge in [0.1, 0.15) is 10.6 Å². The van der Waals surface area contributed by atoms with Gasteiger partial charge in [-0.3, -0.25) is 24.6 Å². The average molecular weight is 483 g/mol. The van der Waals surface area contributed by atoms with Crippen molar-refractivity contribution in [3.05, 3.63) is 89.2 Å². The molecule has 3 heterocycles. The summed E-state index contributed by atoms with van der Waals surface area (Å²) in [6.45, 7) is 3.69. The molecule has 1 aliphatic heterocycles. The molecule has 1 aliphatic rings. The third-order valence-corrected chi connectivity index (χ3v) is 7.01. The van der Waals surface area contributed by atoms with Gasteiger partial charge in [0.05, 0.1) is 21.9 Å². The zero-order valence-corrected chi connectivity index (χ0v) is 18.9. The number of benzene rings is 2. The number of amides is 1. The molecule has 1 amide bonds. The Bertz CT molecular complexity index is 1510. The Morgan fingerprint density at radius 3 is 2.58 bits per heavy atom. The second-order valence-corrected chi connectivity index (χ2v) is 8.98. The van der Waals surface area contributed by atoms with Gasteiger partial charge in [0.2, 0.25) is 10.9 Å². The largest absolute Gasteiger partial charge is 0.450 e.